The maximum absolute atomic E-state index is 11.9. The van der Waals surface area contributed by atoms with Gasteiger partial charge in [-0.15, -0.1) is 0 Å². The Morgan fingerprint density at radius 1 is 1.00 bits per heavy atom. The van der Waals surface area contributed by atoms with Gasteiger partial charge in [-0.2, -0.15) is 4.99 Å². The third kappa shape index (κ3) is 3.09. The second kappa shape index (κ2) is 6.62. The van der Waals surface area contributed by atoms with Crippen LogP contribution in [-0.2, 0) is 4.79 Å². The standard InChI is InChI=1S/C21H16N4O3/c22-19(23)16-4-3-14-9-13(1-2-15(14)10-16)12-5-7-17(8-6-12)25-11-18(20(26)27)24-21(25)28/h1-10H,11H2,(H3,22,23)(H,26,27)/p+1. The van der Waals surface area contributed by atoms with Crippen molar-refractivity contribution in [3.05, 3.63) is 66.2 Å². The van der Waals surface area contributed by atoms with E-state index in [0.29, 0.717) is 5.69 Å². The number of benzene rings is 3. The molecule has 3 aromatic carbocycles. The lowest BCUT2D eigenvalue weighted by Gasteiger charge is -2.15. The van der Waals surface area contributed by atoms with Crippen molar-refractivity contribution < 1.29 is 20.1 Å². The number of carboxylic acids is 1. The first-order valence-electron chi connectivity index (χ1n) is 8.57. The molecule has 138 valence electrons. The molecular weight excluding hydrogens is 356 g/mol. The number of aliphatic imine (C=N–C) groups is 1. The summed E-state index contributed by atoms with van der Waals surface area (Å²) in [4.78, 5) is 27.8. The number of amidine groups is 1. The van der Waals surface area contributed by atoms with Crippen molar-refractivity contribution in [1.29, 1.82) is 0 Å². The molecule has 1 aliphatic rings. The third-order valence-corrected chi connectivity index (χ3v) is 4.70. The largest absolute Gasteiger partial charge is 0.477 e. The zero-order chi connectivity index (χ0) is 19.8. The number of carbonyl (C=O) groups is 2. The molecule has 0 saturated heterocycles. The highest BCUT2D eigenvalue weighted by Crippen LogP contribution is 2.28. The minimum absolute atomic E-state index is 0.0346. The van der Waals surface area contributed by atoms with Gasteiger partial charge < -0.3 is 5.11 Å². The van der Waals surface area contributed by atoms with Gasteiger partial charge in [-0.25, -0.2) is 9.59 Å². The number of urea groups is 1. The molecule has 2 amide bonds. The topological polar surface area (TPSA) is 122 Å². The number of aliphatic carboxylic acids is 1. The summed E-state index contributed by atoms with van der Waals surface area (Å²) in [5, 5.41) is 16.7. The molecule has 0 aromatic heterocycles. The predicted octanol–water partition coefficient (Wildman–Crippen LogP) is 1.44. The lowest BCUT2D eigenvalue weighted by Crippen LogP contribution is -2.46. The number of amides is 2. The van der Waals surface area contributed by atoms with E-state index in [9.17, 15) is 9.59 Å². The van der Waals surface area contributed by atoms with Gasteiger partial charge in [-0.05, 0) is 52.2 Å². The number of carboxylic acid groups (broad SMARTS) is 1. The molecule has 1 heterocycles. The monoisotopic (exact) mass is 373 g/mol. The van der Waals surface area contributed by atoms with Crippen molar-refractivity contribution in [1.82, 2.24) is 0 Å². The fourth-order valence-corrected chi connectivity index (χ4v) is 3.18. The van der Waals surface area contributed by atoms with E-state index in [4.69, 9.17) is 16.2 Å². The molecule has 4 rings (SSSR count). The minimum atomic E-state index is -1.18. The fraction of sp³-hybridized carbons (Fsp3) is 0.0476. The van der Waals surface area contributed by atoms with Crippen LogP contribution in [0.5, 0.6) is 0 Å². The molecule has 28 heavy (non-hydrogen) atoms. The molecule has 5 N–H and O–H groups in total. The third-order valence-electron chi connectivity index (χ3n) is 4.70. The zero-order valence-corrected chi connectivity index (χ0v) is 14.8. The SMILES string of the molecule is NC(=[NH2+])c1ccc2cc(-c3ccc(N4CC(C(=O)O)=NC4=O)cc3)ccc2c1. The number of nitrogens with two attached hydrogens (primary N) is 2. The number of carbonyl (C=O) groups excluding carboxylic acids is 1. The molecule has 1 aliphatic heterocycles. The van der Waals surface area contributed by atoms with Gasteiger partial charge >= 0.3 is 12.0 Å². The van der Waals surface area contributed by atoms with Crippen LogP contribution in [0.1, 0.15) is 5.56 Å². The van der Waals surface area contributed by atoms with E-state index in [1.54, 1.807) is 12.1 Å². The van der Waals surface area contributed by atoms with E-state index in [0.717, 1.165) is 27.5 Å². The summed E-state index contributed by atoms with van der Waals surface area (Å²) in [6, 6.07) is 18.6. The zero-order valence-electron chi connectivity index (χ0n) is 14.8. The van der Waals surface area contributed by atoms with Gasteiger partial charge in [0.15, 0.2) is 5.71 Å². The Labute approximate surface area is 160 Å². The Hall–Kier alpha value is -4.00. The lowest BCUT2D eigenvalue weighted by atomic mass is 9.99. The van der Waals surface area contributed by atoms with Gasteiger partial charge in [-0.1, -0.05) is 30.3 Å². The summed E-state index contributed by atoms with van der Waals surface area (Å²) in [6.45, 7) is -0.0346. The molecule has 0 unspecified atom stereocenters. The van der Waals surface area contributed by atoms with E-state index in [1.807, 2.05) is 42.5 Å². The highest BCUT2D eigenvalue weighted by atomic mass is 16.4. The molecule has 7 nitrogen and oxygen atoms in total. The molecule has 7 heteroatoms. The smallest absolute Gasteiger partial charge is 0.352 e. The van der Waals surface area contributed by atoms with Crippen molar-refractivity contribution >= 4 is 40.0 Å². The van der Waals surface area contributed by atoms with Crippen LogP contribution < -0.4 is 16.0 Å². The Kier molecular flexibility index (Phi) is 4.12. The second-order valence-corrected chi connectivity index (χ2v) is 6.51. The van der Waals surface area contributed by atoms with Crippen LogP contribution in [-0.4, -0.2) is 35.2 Å². The van der Waals surface area contributed by atoms with Crippen LogP contribution >= 0.6 is 0 Å². The first-order chi connectivity index (χ1) is 13.4. The number of rotatable bonds is 4. The Morgan fingerprint density at radius 2 is 1.64 bits per heavy atom. The molecule has 0 spiro atoms. The minimum Gasteiger partial charge on any atom is -0.477 e. The summed E-state index contributed by atoms with van der Waals surface area (Å²) >= 11 is 0. The first-order valence-corrected chi connectivity index (χ1v) is 8.57. The predicted molar refractivity (Wildman–Crippen MR) is 107 cm³/mol. The van der Waals surface area contributed by atoms with Gasteiger partial charge in [0.25, 0.3) is 5.84 Å². The van der Waals surface area contributed by atoms with Crippen molar-refractivity contribution in [2.75, 3.05) is 11.4 Å². The van der Waals surface area contributed by atoms with E-state index >= 15 is 0 Å². The lowest BCUT2D eigenvalue weighted by molar-refractivity contribution is -0.129. The number of anilines is 1. The van der Waals surface area contributed by atoms with Crippen LogP contribution in [0, 0.1) is 0 Å². The van der Waals surface area contributed by atoms with Crippen molar-refractivity contribution in [2.24, 2.45) is 10.7 Å². The van der Waals surface area contributed by atoms with Gasteiger partial charge in [0, 0.05) is 5.69 Å². The van der Waals surface area contributed by atoms with Gasteiger partial charge in [-0.3, -0.25) is 16.0 Å². The quantitative estimate of drug-likeness (QED) is 0.473. The molecular formula is C21H17N4O3+. The van der Waals surface area contributed by atoms with Crippen LogP contribution in [0.15, 0.2) is 65.7 Å². The van der Waals surface area contributed by atoms with Gasteiger partial charge in [0.1, 0.15) is 0 Å². The van der Waals surface area contributed by atoms with E-state index in [1.165, 1.54) is 4.90 Å². The summed E-state index contributed by atoms with van der Waals surface area (Å²) in [6.07, 6.45) is 0. The van der Waals surface area contributed by atoms with Crippen LogP contribution in [0.4, 0.5) is 10.5 Å². The molecule has 3 aromatic rings. The number of hydrogen-bond acceptors (Lipinski definition) is 2. The van der Waals surface area contributed by atoms with Crippen molar-refractivity contribution in [2.45, 2.75) is 0 Å². The maximum Gasteiger partial charge on any atom is 0.352 e. The van der Waals surface area contributed by atoms with Crippen LogP contribution in [0.2, 0.25) is 0 Å². The summed E-state index contributed by atoms with van der Waals surface area (Å²) < 4.78 is 0. The van der Waals surface area contributed by atoms with Crippen molar-refractivity contribution in [3.8, 4) is 11.1 Å². The van der Waals surface area contributed by atoms with Crippen LogP contribution in [0.3, 0.4) is 0 Å². The van der Waals surface area contributed by atoms with E-state index in [-0.39, 0.29) is 18.1 Å². The molecule has 0 fully saturated rings. The molecule has 0 radical (unpaired) electrons. The Balaban J connectivity index is 1.60. The van der Waals surface area contributed by atoms with Gasteiger partial charge in [0.2, 0.25) is 0 Å². The molecule has 0 atom stereocenters. The van der Waals surface area contributed by atoms with Crippen molar-refractivity contribution in [3.63, 3.8) is 0 Å². The average molecular weight is 373 g/mol. The first kappa shape index (κ1) is 17.4. The van der Waals surface area contributed by atoms with E-state index < -0.39 is 12.0 Å². The molecule has 0 bridgehead atoms. The second-order valence-electron chi connectivity index (χ2n) is 6.51. The van der Waals surface area contributed by atoms with Gasteiger partial charge in [0.05, 0.1) is 12.1 Å². The molecule has 0 saturated carbocycles. The number of fused-ring (bicyclic) bond motifs is 1. The fourth-order valence-electron chi connectivity index (χ4n) is 3.18. The summed E-state index contributed by atoms with van der Waals surface area (Å²) in [7, 11) is 0. The number of nitrogens with zero attached hydrogens (tertiary/aromatic N) is 2. The summed E-state index contributed by atoms with van der Waals surface area (Å²) in [5.41, 5.74) is 8.89. The van der Waals surface area contributed by atoms with Crippen LogP contribution in [0.25, 0.3) is 21.9 Å². The Bertz CT molecular complexity index is 1170. The average Bonchev–Trinajstić information content (AvgIpc) is 3.09. The molecule has 0 aliphatic carbocycles. The highest BCUT2D eigenvalue weighted by molar-refractivity contribution is 6.41. The normalized spacial score (nSPS) is 13.6. The maximum atomic E-state index is 11.9. The van der Waals surface area contributed by atoms with E-state index in [2.05, 4.69) is 11.1 Å². The highest BCUT2D eigenvalue weighted by Gasteiger charge is 2.28. The Morgan fingerprint density at radius 3 is 2.29 bits per heavy atom. The number of hydrogen-bond donors (Lipinski definition) is 3. The summed E-state index contributed by atoms with van der Waals surface area (Å²) in [5.74, 6) is -0.895.